The summed E-state index contributed by atoms with van der Waals surface area (Å²) in [6.45, 7) is 0. The molecule has 2 aromatic rings. The Balaban J connectivity index is 2.13. The van der Waals surface area contributed by atoms with Crippen LogP contribution < -0.4 is 0 Å². The van der Waals surface area contributed by atoms with Crippen molar-refractivity contribution in [2.75, 3.05) is 0 Å². The SMILES string of the molecule is OC(Cc1ccccc1Cl)c1ncc(Cl)s1. The molecule has 1 N–H and O–H groups in total. The van der Waals surface area contributed by atoms with E-state index >= 15 is 0 Å². The maximum atomic E-state index is 9.94. The van der Waals surface area contributed by atoms with Crippen LogP contribution in [0.25, 0.3) is 0 Å². The van der Waals surface area contributed by atoms with Gasteiger partial charge in [-0.15, -0.1) is 11.3 Å². The molecule has 0 aliphatic carbocycles. The molecule has 0 saturated heterocycles. The third-order valence-electron chi connectivity index (χ3n) is 2.15. The number of aliphatic hydroxyl groups is 1. The zero-order valence-corrected chi connectivity index (χ0v) is 10.6. The number of rotatable bonds is 3. The Labute approximate surface area is 107 Å². The van der Waals surface area contributed by atoms with Crippen molar-refractivity contribution in [3.8, 4) is 0 Å². The molecule has 0 fully saturated rings. The van der Waals surface area contributed by atoms with Gasteiger partial charge in [-0.3, -0.25) is 0 Å². The molecule has 1 heterocycles. The molecule has 0 saturated carbocycles. The van der Waals surface area contributed by atoms with E-state index in [0.717, 1.165) is 5.56 Å². The predicted molar refractivity (Wildman–Crippen MR) is 67.2 cm³/mol. The topological polar surface area (TPSA) is 33.1 Å². The Bertz CT molecular complexity index is 486. The highest BCUT2D eigenvalue weighted by atomic mass is 35.5. The van der Waals surface area contributed by atoms with E-state index in [9.17, 15) is 5.11 Å². The van der Waals surface area contributed by atoms with E-state index in [4.69, 9.17) is 23.2 Å². The first-order valence-electron chi connectivity index (χ1n) is 4.69. The van der Waals surface area contributed by atoms with Crippen molar-refractivity contribution in [1.29, 1.82) is 0 Å². The summed E-state index contributed by atoms with van der Waals surface area (Å²) < 4.78 is 0.577. The summed E-state index contributed by atoms with van der Waals surface area (Å²) in [5.41, 5.74) is 0.906. The molecule has 1 atom stereocenters. The van der Waals surface area contributed by atoms with Gasteiger partial charge in [-0.2, -0.15) is 0 Å². The predicted octanol–water partition coefficient (Wildman–Crippen LogP) is 3.73. The first kappa shape index (κ1) is 11.9. The van der Waals surface area contributed by atoms with Gasteiger partial charge >= 0.3 is 0 Å². The highest BCUT2D eigenvalue weighted by molar-refractivity contribution is 7.15. The molecule has 5 heteroatoms. The summed E-state index contributed by atoms with van der Waals surface area (Å²) in [5, 5.41) is 11.2. The number of benzene rings is 1. The van der Waals surface area contributed by atoms with Crippen molar-refractivity contribution in [1.82, 2.24) is 4.98 Å². The number of nitrogens with zero attached hydrogens (tertiary/aromatic N) is 1. The monoisotopic (exact) mass is 273 g/mol. The van der Waals surface area contributed by atoms with Crippen molar-refractivity contribution in [2.45, 2.75) is 12.5 Å². The van der Waals surface area contributed by atoms with E-state index in [0.29, 0.717) is 20.8 Å². The first-order valence-corrected chi connectivity index (χ1v) is 6.27. The summed E-state index contributed by atoms with van der Waals surface area (Å²) in [7, 11) is 0. The van der Waals surface area contributed by atoms with Crippen LogP contribution in [0, 0.1) is 0 Å². The van der Waals surface area contributed by atoms with Gasteiger partial charge in [0.1, 0.15) is 15.4 Å². The fraction of sp³-hybridized carbons (Fsp3) is 0.182. The lowest BCUT2D eigenvalue weighted by Gasteiger charge is -2.08. The number of halogens is 2. The number of hydrogen-bond acceptors (Lipinski definition) is 3. The molecule has 1 unspecified atom stereocenters. The summed E-state index contributed by atoms with van der Waals surface area (Å²) in [5.74, 6) is 0. The van der Waals surface area contributed by atoms with Gasteiger partial charge in [0.15, 0.2) is 0 Å². The molecular formula is C11H9Cl2NOS. The van der Waals surface area contributed by atoms with Crippen LogP contribution in [0.2, 0.25) is 9.36 Å². The third-order valence-corrected chi connectivity index (χ3v) is 3.74. The average molecular weight is 274 g/mol. The molecular weight excluding hydrogens is 265 g/mol. The maximum Gasteiger partial charge on any atom is 0.123 e. The maximum absolute atomic E-state index is 9.94. The Morgan fingerprint density at radius 2 is 2.06 bits per heavy atom. The second-order valence-corrected chi connectivity index (χ2v) is 5.41. The smallest absolute Gasteiger partial charge is 0.123 e. The largest absolute Gasteiger partial charge is 0.386 e. The molecule has 0 radical (unpaired) electrons. The highest BCUT2D eigenvalue weighted by Crippen LogP contribution is 2.28. The second kappa shape index (κ2) is 5.15. The Kier molecular flexibility index (Phi) is 3.82. The van der Waals surface area contributed by atoms with Gasteiger partial charge in [-0.1, -0.05) is 41.4 Å². The van der Waals surface area contributed by atoms with Crippen molar-refractivity contribution in [2.24, 2.45) is 0 Å². The minimum absolute atomic E-state index is 0.448. The van der Waals surface area contributed by atoms with E-state index in [1.807, 2.05) is 18.2 Å². The van der Waals surface area contributed by atoms with Gasteiger partial charge in [0.2, 0.25) is 0 Å². The zero-order chi connectivity index (χ0) is 11.5. The summed E-state index contributed by atoms with van der Waals surface area (Å²) in [6.07, 6.45) is 1.33. The molecule has 0 bridgehead atoms. The van der Waals surface area contributed by atoms with Crippen LogP contribution in [0.1, 0.15) is 16.7 Å². The van der Waals surface area contributed by atoms with Crippen molar-refractivity contribution >= 4 is 34.5 Å². The molecule has 16 heavy (non-hydrogen) atoms. The van der Waals surface area contributed by atoms with Crippen molar-refractivity contribution < 1.29 is 5.11 Å². The minimum Gasteiger partial charge on any atom is -0.386 e. The van der Waals surface area contributed by atoms with E-state index in [-0.39, 0.29) is 0 Å². The Morgan fingerprint density at radius 3 is 2.69 bits per heavy atom. The van der Waals surface area contributed by atoms with Crippen LogP contribution >= 0.6 is 34.5 Å². The van der Waals surface area contributed by atoms with Crippen LogP contribution in [0.15, 0.2) is 30.5 Å². The van der Waals surface area contributed by atoms with Gasteiger partial charge in [0, 0.05) is 11.4 Å². The lowest BCUT2D eigenvalue weighted by atomic mass is 10.1. The first-order chi connectivity index (χ1) is 7.66. The standard InChI is InChI=1S/C11H9Cl2NOS/c12-8-4-2-1-3-7(8)5-9(15)11-14-6-10(13)16-11/h1-4,6,9,15H,5H2. The van der Waals surface area contributed by atoms with Crippen LogP contribution in [-0.4, -0.2) is 10.1 Å². The molecule has 0 spiro atoms. The normalized spacial score (nSPS) is 12.7. The van der Waals surface area contributed by atoms with Gasteiger partial charge in [0.05, 0.1) is 6.20 Å². The van der Waals surface area contributed by atoms with Gasteiger partial charge < -0.3 is 5.11 Å². The molecule has 1 aromatic heterocycles. The van der Waals surface area contributed by atoms with Crippen LogP contribution in [0.5, 0.6) is 0 Å². The van der Waals surface area contributed by atoms with E-state index in [1.54, 1.807) is 6.07 Å². The highest BCUT2D eigenvalue weighted by Gasteiger charge is 2.14. The summed E-state index contributed by atoms with van der Waals surface area (Å²) in [4.78, 5) is 4.04. The third kappa shape index (κ3) is 2.74. The molecule has 84 valence electrons. The quantitative estimate of drug-likeness (QED) is 0.925. The molecule has 2 rings (SSSR count). The number of hydrogen-bond donors (Lipinski definition) is 1. The van der Waals surface area contributed by atoms with Crippen LogP contribution in [0.4, 0.5) is 0 Å². The second-order valence-electron chi connectivity index (χ2n) is 3.31. The number of thiazole rings is 1. The number of aliphatic hydroxyl groups excluding tert-OH is 1. The molecule has 0 aliphatic rings. The molecule has 2 nitrogen and oxygen atoms in total. The summed E-state index contributed by atoms with van der Waals surface area (Å²) >= 11 is 13.0. The van der Waals surface area contributed by atoms with Crippen LogP contribution in [-0.2, 0) is 6.42 Å². The van der Waals surface area contributed by atoms with E-state index in [1.165, 1.54) is 17.5 Å². The molecule has 0 amide bonds. The zero-order valence-electron chi connectivity index (χ0n) is 8.23. The fourth-order valence-electron chi connectivity index (χ4n) is 1.38. The fourth-order valence-corrected chi connectivity index (χ4v) is 2.51. The van der Waals surface area contributed by atoms with Crippen LogP contribution in [0.3, 0.4) is 0 Å². The minimum atomic E-state index is -0.655. The van der Waals surface area contributed by atoms with Crippen molar-refractivity contribution in [3.63, 3.8) is 0 Å². The average Bonchev–Trinajstić information content (AvgIpc) is 2.68. The lowest BCUT2D eigenvalue weighted by molar-refractivity contribution is 0.178. The Hall–Kier alpha value is -0.610. The van der Waals surface area contributed by atoms with Gasteiger partial charge in [-0.05, 0) is 11.6 Å². The van der Waals surface area contributed by atoms with E-state index in [2.05, 4.69) is 4.98 Å². The summed E-state index contributed by atoms with van der Waals surface area (Å²) in [6, 6.07) is 7.44. The molecule has 1 aromatic carbocycles. The Morgan fingerprint density at radius 1 is 1.31 bits per heavy atom. The van der Waals surface area contributed by atoms with Gasteiger partial charge in [0.25, 0.3) is 0 Å². The lowest BCUT2D eigenvalue weighted by Crippen LogP contribution is -2.01. The molecule has 0 aliphatic heterocycles. The number of aromatic nitrogens is 1. The van der Waals surface area contributed by atoms with Crippen molar-refractivity contribution in [3.05, 3.63) is 50.4 Å². The van der Waals surface area contributed by atoms with E-state index < -0.39 is 6.10 Å². The van der Waals surface area contributed by atoms with Gasteiger partial charge in [-0.25, -0.2) is 4.98 Å².